The highest BCUT2D eigenvalue weighted by Crippen LogP contribution is 2.38. The Bertz CT molecular complexity index is 163. The van der Waals surface area contributed by atoms with E-state index < -0.39 is 0 Å². The van der Waals surface area contributed by atoms with Crippen LogP contribution in [0.25, 0.3) is 0 Å². The first-order valence-electron chi connectivity index (χ1n) is 3.64. The molecule has 2 rings (SSSR count). The maximum atomic E-state index is 4.14. The van der Waals surface area contributed by atoms with Crippen molar-refractivity contribution in [1.82, 2.24) is 0 Å². The fourth-order valence-corrected chi connectivity index (χ4v) is 1.29. The van der Waals surface area contributed by atoms with Crippen LogP contribution in [-0.2, 0) is 0 Å². The average molecular weight is 121 g/mol. The molecule has 1 heterocycles. The molecule has 0 aromatic rings. The summed E-state index contributed by atoms with van der Waals surface area (Å²) < 4.78 is 0. The van der Waals surface area contributed by atoms with E-state index in [9.17, 15) is 0 Å². The van der Waals surface area contributed by atoms with Gasteiger partial charge in [0.1, 0.15) is 0 Å². The van der Waals surface area contributed by atoms with Crippen molar-refractivity contribution in [2.45, 2.75) is 19.3 Å². The topological polar surface area (TPSA) is 12.4 Å². The summed E-state index contributed by atoms with van der Waals surface area (Å²) in [6, 6.07) is 0. The van der Waals surface area contributed by atoms with E-state index in [1.54, 1.807) is 5.57 Å². The summed E-state index contributed by atoms with van der Waals surface area (Å²) in [5.41, 5.74) is 1.64. The van der Waals surface area contributed by atoms with E-state index in [0.717, 1.165) is 18.9 Å². The highest BCUT2D eigenvalue weighted by atomic mass is 14.7. The molecule has 0 bridgehead atoms. The maximum absolute atomic E-state index is 4.14. The third kappa shape index (κ3) is 1.04. The summed E-state index contributed by atoms with van der Waals surface area (Å²) >= 11 is 0. The standard InChI is InChI=1S/C8H11N/c1-2-7(1)8-3-5-9-6-4-8/h3,6-7H,1-2,4-5H2. The Morgan fingerprint density at radius 1 is 1.44 bits per heavy atom. The molecule has 1 nitrogen and oxygen atoms in total. The Balaban J connectivity index is 2.02. The number of rotatable bonds is 1. The molecule has 9 heavy (non-hydrogen) atoms. The first kappa shape index (κ1) is 5.21. The second-order valence-corrected chi connectivity index (χ2v) is 2.81. The lowest BCUT2D eigenvalue weighted by molar-refractivity contribution is 0.941. The number of hydrogen-bond donors (Lipinski definition) is 0. The van der Waals surface area contributed by atoms with Gasteiger partial charge in [-0.2, -0.15) is 0 Å². The molecule has 1 saturated carbocycles. The van der Waals surface area contributed by atoms with Gasteiger partial charge in [-0.1, -0.05) is 11.6 Å². The molecule has 0 radical (unpaired) electrons. The van der Waals surface area contributed by atoms with Gasteiger partial charge in [0.15, 0.2) is 0 Å². The summed E-state index contributed by atoms with van der Waals surface area (Å²) in [7, 11) is 0. The van der Waals surface area contributed by atoms with Crippen molar-refractivity contribution in [3.63, 3.8) is 0 Å². The van der Waals surface area contributed by atoms with Gasteiger partial charge in [-0.15, -0.1) is 0 Å². The van der Waals surface area contributed by atoms with E-state index in [0.29, 0.717) is 0 Å². The van der Waals surface area contributed by atoms with Crippen molar-refractivity contribution >= 4 is 6.21 Å². The number of hydrogen-bond acceptors (Lipinski definition) is 1. The maximum Gasteiger partial charge on any atom is 0.0569 e. The number of aliphatic imine (C=N–C) groups is 1. The second kappa shape index (κ2) is 1.98. The van der Waals surface area contributed by atoms with Crippen LogP contribution in [0.5, 0.6) is 0 Å². The van der Waals surface area contributed by atoms with Gasteiger partial charge >= 0.3 is 0 Å². The lowest BCUT2D eigenvalue weighted by Gasteiger charge is -2.04. The summed E-state index contributed by atoms with van der Waals surface area (Å²) in [5, 5.41) is 0. The predicted molar refractivity (Wildman–Crippen MR) is 38.8 cm³/mol. The van der Waals surface area contributed by atoms with Crippen LogP contribution in [-0.4, -0.2) is 12.8 Å². The fraction of sp³-hybridized carbons (Fsp3) is 0.625. The third-order valence-electron chi connectivity index (χ3n) is 2.02. The Labute approximate surface area is 55.5 Å². The van der Waals surface area contributed by atoms with Crippen molar-refractivity contribution in [2.24, 2.45) is 10.9 Å². The fourth-order valence-electron chi connectivity index (χ4n) is 1.29. The van der Waals surface area contributed by atoms with E-state index in [4.69, 9.17) is 0 Å². The zero-order valence-corrected chi connectivity index (χ0v) is 5.51. The number of allylic oxidation sites excluding steroid dienone is 1. The molecule has 1 aliphatic carbocycles. The SMILES string of the molecule is C1=NCC=C(C2CC2)C1. The summed E-state index contributed by atoms with van der Waals surface area (Å²) in [5.74, 6) is 0.955. The molecule has 2 aliphatic rings. The van der Waals surface area contributed by atoms with E-state index in [2.05, 4.69) is 11.1 Å². The van der Waals surface area contributed by atoms with E-state index in [1.165, 1.54) is 12.8 Å². The molecule has 0 aromatic carbocycles. The van der Waals surface area contributed by atoms with Crippen LogP contribution in [0.15, 0.2) is 16.6 Å². The van der Waals surface area contributed by atoms with Gasteiger partial charge in [-0.05, 0) is 18.8 Å². The Hall–Kier alpha value is -0.590. The van der Waals surface area contributed by atoms with E-state index in [-0.39, 0.29) is 0 Å². The molecule has 0 spiro atoms. The normalized spacial score (nSPS) is 26.0. The quantitative estimate of drug-likeness (QED) is 0.469. The number of nitrogens with zero attached hydrogens (tertiary/aromatic N) is 1. The summed E-state index contributed by atoms with van der Waals surface area (Å²) in [6.45, 7) is 0.936. The minimum absolute atomic E-state index is 0.936. The minimum Gasteiger partial charge on any atom is -0.293 e. The summed E-state index contributed by atoms with van der Waals surface area (Å²) in [4.78, 5) is 4.14. The van der Waals surface area contributed by atoms with Crippen molar-refractivity contribution < 1.29 is 0 Å². The van der Waals surface area contributed by atoms with E-state index >= 15 is 0 Å². The zero-order chi connectivity index (χ0) is 6.10. The van der Waals surface area contributed by atoms with Crippen LogP contribution in [0.3, 0.4) is 0 Å². The largest absolute Gasteiger partial charge is 0.293 e. The molecule has 1 fully saturated rings. The molecule has 0 atom stereocenters. The molecule has 1 aliphatic heterocycles. The third-order valence-corrected chi connectivity index (χ3v) is 2.02. The predicted octanol–water partition coefficient (Wildman–Crippen LogP) is 1.80. The van der Waals surface area contributed by atoms with Crippen molar-refractivity contribution in [3.05, 3.63) is 11.6 Å². The molecule has 0 aromatic heterocycles. The van der Waals surface area contributed by atoms with Gasteiger partial charge in [0.05, 0.1) is 6.54 Å². The molecule has 0 N–H and O–H groups in total. The lowest BCUT2D eigenvalue weighted by atomic mass is 10.1. The molecule has 0 amide bonds. The van der Waals surface area contributed by atoms with Crippen LogP contribution in [0.4, 0.5) is 0 Å². The first-order chi connectivity index (χ1) is 4.47. The number of dihydropyridines is 1. The van der Waals surface area contributed by atoms with Gasteiger partial charge in [0, 0.05) is 12.6 Å². The highest BCUT2D eigenvalue weighted by molar-refractivity contribution is 5.63. The average Bonchev–Trinajstić information content (AvgIpc) is 2.71. The van der Waals surface area contributed by atoms with Crippen molar-refractivity contribution in [2.75, 3.05) is 6.54 Å². The van der Waals surface area contributed by atoms with Gasteiger partial charge in [-0.25, -0.2) is 0 Å². The Morgan fingerprint density at radius 3 is 2.89 bits per heavy atom. The van der Waals surface area contributed by atoms with E-state index in [1.807, 2.05) is 6.21 Å². The lowest BCUT2D eigenvalue weighted by Crippen LogP contribution is -1.94. The molecular formula is C8H11N. The molecular weight excluding hydrogens is 110 g/mol. The molecule has 48 valence electrons. The molecule has 0 unspecified atom stereocenters. The summed E-state index contributed by atoms with van der Waals surface area (Å²) in [6.07, 6.45) is 8.33. The van der Waals surface area contributed by atoms with Gasteiger partial charge in [-0.3, -0.25) is 4.99 Å². The van der Waals surface area contributed by atoms with Crippen molar-refractivity contribution in [3.8, 4) is 0 Å². The van der Waals surface area contributed by atoms with Gasteiger partial charge < -0.3 is 0 Å². The van der Waals surface area contributed by atoms with Crippen LogP contribution >= 0.6 is 0 Å². The smallest absolute Gasteiger partial charge is 0.0569 e. The van der Waals surface area contributed by atoms with Crippen LogP contribution in [0.2, 0.25) is 0 Å². The first-order valence-corrected chi connectivity index (χ1v) is 3.64. The van der Waals surface area contributed by atoms with Crippen LogP contribution < -0.4 is 0 Å². The van der Waals surface area contributed by atoms with Gasteiger partial charge in [0.25, 0.3) is 0 Å². The molecule has 1 heteroatoms. The van der Waals surface area contributed by atoms with Crippen LogP contribution in [0, 0.1) is 5.92 Å². The Morgan fingerprint density at radius 2 is 2.33 bits per heavy atom. The minimum atomic E-state index is 0.936. The van der Waals surface area contributed by atoms with Crippen LogP contribution in [0.1, 0.15) is 19.3 Å². The monoisotopic (exact) mass is 121 g/mol. The van der Waals surface area contributed by atoms with Crippen molar-refractivity contribution in [1.29, 1.82) is 0 Å². The molecule has 0 saturated heterocycles. The zero-order valence-electron chi connectivity index (χ0n) is 5.51. The Kier molecular flexibility index (Phi) is 1.15. The highest BCUT2D eigenvalue weighted by Gasteiger charge is 2.25. The second-order valence-electron chi connectivity index (χ2n) is 2.81. The van der Waals surface area contributed by atoms with Gasteiger partial charge in [0.2, 0.25) is 0 Å².